The van der Waals surface area contributed by atoms with Gasteiger partial charge in [-0.3, -0.25) is 4.79 Å². The van der Waals surface area contributed by atoms with E-state index < -0.39 is 0 Å². The molecule has 1 fully saturated rings. The van der Waals surface area contributed by atoms with Crippen molar-refractivity contribution in [1.82, 2.24) is 0 Å². The van der Waals surface area contributed by atoms with E-state index in [1.54, 1.807) is 4.90 Å². The first-order chi connectivity index (χ1) is 9.09. The van der Waals surface area contributed by atoms with Gasteiger partial charge in [0.15, 0.2) is 0 Å². The number of nitrogens with zero attached hydrogens (tertiary/aromatic N) is 1. The van der Waals surface area contributed by atoms with Gasteiger partial charge in [0.1, 0.15) is 4.99 Å². The average Bonchev–Trinajstić information content (AvgIpc) is 2.46. The van der Waals surface area contributed by atoms with Crippen LogP contribution in [0.1, 0.15) is 37.7 Å². The summed E-state index contributed by atoms with van der Waals surface area (Å²) in [5.74, 6) is 0.382. The number of anilines is 1. The SMILES string of the molecule is CN(C(=O)C1CCCCC1)c1cccc(C(N)=S)c1. The van der Waals surface area contributed by atoms with Crippen molar-refractivity contribution in [2.24, 2.45) is 11.7 Å². The van der Waals surface area contributed by atoms with Crippen LogP contribution in [0.2, 0.25) is 0 Å². The third kappa shape index (κ3) is 3.32. The Labute approximate surface area is 119 Å². The second-order valence-corrected chi connectivity index (χ2v) is 5.59. The zero-order valence-electron chi connectivity index (χ0n) is 11.3. The van der Waals surface area contributed by atoms with Crippen molar-refractivity contribution in [2.45, 2.75) is 32.1 Å². The molecular formula is C15H20N2OS. The lowest BCUT2D eigenvalue weighted by molar-refractivity contribution is -0.123. The number of nitrogens with two attached hydrogens (primary N) is 1. The smallest absolute Gasteiger partial charge is 0.229 e. The van der Waals surface area contributed by atoms with Crippen LogP contribution in [-0.4, -0.2) is 17.9 Å². The molecule has 1 aliphatic carbocycles. The number of hydrogen-bond acceptors (Lipinski definition) is 2. The molecule has 0 saturated heterocycles. The summed E-state index contributed by atoms with van der Waals surface area (Å²) in [6, 6.07) is 7.55. The highest BCUT2D eigenvalue weighted by Gasteiger charge is 2.24. The molecule has 2 N–H and O–H groups in total. The van der Waals surface area contributed by atoms with E-state index in [1.165, 1.54) is 6.42 Å². The highest BCUT2D eigenvalue weighted by molar-refractivity contribution is 7.80. The van der Waals surface area contributed by atoms with Gasteiger partial charge in [0, 0.05) is 24.2 Å². The van der Waals surface area contributed by atoms with Gasteiger partial charge in [0.2, 0.25) is 5.91 Å². The van der Waals surface area contributed by atoms with E-state index in [1.807, 2.05) is 31.3 Å². The molecule has 0 atom stereocenters. The van der Waals surface area contributed by atoms with Crippen molar-refractivity contribution in [3.05, 3.63) is 29.8 Å². The van der Waals surface area contributed by atoms with Gasteiger partial charge in [0.05, 0.1) is 0 Å². The summed E-state index contributed by atoms with van der Waals surface area (Å²) < 4.78 is 0. The Kier molecular flexibility index (Phi) is 4.53. The fourth-order valence-electron chi connectivity index (χ4n) is 2.62. The molecule has 1 amide bonds. The molecule has 0 radical (unpaired) electrons. The predicted octanol–water partition coefficient (Wildman–Crippen LogP) is 2.86. The minimum Gasteiger partial charge on any atom is -0.389 e. The van der Waals surface area contributed by atoms with Gasteiger partial charge in [-0.05, 0) is 25.0 Å². The quantitative estimate of drug-likeness (QED) is 0.864. The average molecular weight is 276 g/mol. The summed E-state index contributed by atoms with van der Waals surface area (Å²) in [6.45, 7) is 0. The Morgan fingerprint density at radius 1 is 1.32 bits per heavy atom. The number of thiocarbonyl (C=S) groups is 1. The van der Waals surface area contributed by atoms with Gasteiger partial charge < -0.3 is 10.6 Å². The summed E-state index contributed by atoms with van der Waals surface area (Å²) in [4.78, 5) is 14.5. The minimum atomic E-state index is 0.173. The first-order valence-corrected chi connectivity index (χ1v) is 7.18. The summed E-state index contributed by atoms with van der Waals surface area (Å²) in [6.07, 6.45) is 5.61. The first-order valence-electron chi connectivity index (χ1n) is 6.77. The molecule has 0 bridgehead atoms. The Morgan fingerprint density at radius 2 is 2.00 bits per heavy atom. The number of benzene rings is 1. The Balaban J connectivity index is 2.13. The first kappa shape index (κ1) is 14.0. The number of carbonyl (C=O) groups excluding carboxylic acids is 1. The summed E-state index contributed by atoms with van der Waals surface area (Å²) in [5.41, 5.74) is 7.29. The summed E-state index contributed by atoms with van der Waals surface area (Å²) >= 11 is 4.97. The van der Waals surface area contributed by atoms with Crippen LogP contribution in [0.5, 0.6) is 0 Å². The maximum absolute atomic E-state index is 12.4. The molecule has 1 aliphatic rings. The third-order valence-corrected chi connectivity index (χ3v) is 4.04. The topological polar surface area (TPSA) is 46.3 Å². The molecule has 4 heteroatoms. The number of amides is 1. The fraction of sp³-hybridized carbons (Fsp3) is 0.467. The fourth-order valence-corrected chi connectivity index (χ4v) is 2.75. The van der Waals surface area contributed by atoms with Crippen LogP contribution in [0, 0.1) is 5.92 Å². The molecule has 102 valence electrons. The van der Waals surface area contributed by atoms with Crippen molar-refractivity contribution < 1.29 is 4.79 Å². The van der Waals surface area contributed by atoms with Gasteiger partial charge in [-0.2, -0.15) is 0 Å². The standard InChI is InChI=1S/C15H20N2OS/c1-17(15(18)11-6-3-2-4-7-11)13-9-5-8-12(10-13)14(16)19/h5,8-11H,2-4,6-7H2,1H3,(H2,16,19). The van der Waals surface area contributed by atoms with Crippen molar-refractivity contribution >= 4 is 28.8 Å². The van der Waals surface area contributed by atoms with Crippen LogP contribution in [0.4, 0.5) is 5.69 Å². The molecule has 3 nitrogen and oxygen atoms in total. The molecule has 0 heterocycles. The summed E-state index contributed by atoms with van der Waals surface area (Å²) in [7, 11) is 1.83. The lowest BCUT2D eigenvalue weighted by Crippen LogP contribution is -2.34. The molecule has 0 spiro atoms. The van der Waals surface area contributed by atoms with Gasteiger partial charge in [-0.25, -0.2) is 0 Å². The zero-order chi connectivity index (χ0) is 13.8. The molecule has 1 aromatic rings. The highest BCUT2D eigenvalue weighted by Crippen LogP contribution is 2.27. The van der Waals surface area contributed by atoms with Crippen LogP contribution in [0.3, 0.4) is 0 Å². The molecule has 1 saturated carbocycles. The number of carbonyl (C=O) groups is 1. The zero-order valence-corrected chi connectivity index (χ0v) is 12.1. The minimum absolute atomic E-state index is 0.173. The Morgan fingerprint density at radius 3 is 2.63 bits per heavy atom. The van der Waals surface area contributed by atoms with E-state index in [4.69, 9.17) is 18.0 Å². The van der Waals surface area contributed by atoms with E-state index in [-0.39, 0.29) is 11.8 Å². The van der Waals surface area contributed by atoms with E-state index in [0.29, 0.717) is 4.99 Å². The van der Waals surface area contributed by atoms with Gasteiger partial charge in [-0.1, -0.05) is 43.6 Å². The van der Waals surface area contributed by atoms with Crippen LogP contribution in [0.15, 0.2) is 24.3 Å². The normalized spacial score (nSPS) is 16.1. The van der Waals surface area contributed by atoms with Crippen molar-refractivity contribution in [2.75, 3.05) is 11.9 Å². The lowest BCUT2D eigenvalue weighted by Gasteiger charge is -2.26. The lowest BCUT2D eigenvalue weighted by atomic mass is 9.88. The van der Waals surface area contributed by atoms with Crippen LogP contribution in [-0.2, 0) is 4.79 Å². The molecule has 0 aromatic heterocycles. The number of hydrogen-bond donors (Lipinski definition) is 1. The Bertz CT molecular complexity index is 481. The van der Waals surface area contributed by atoms with Gasteiger partial charge in [-0.15, -0.1) is 0 Å². The molecule has 0 unspecified atom stereocenters. The Hall–Kier alpha value is -1.42. The monoisotopic (exact) mass is 276 g/mol. The van der Waals surface area contributed by atoms with Crippen molar-refractivity contribution in [3.8, 4) is 0 Å². The van der Waals surface area contributed by atoms with Gasteiger partial charge >= 0.3 is 0 Å². The third-order valence-electron chi connectivity index (χ3n) is 3.80. The van der Waals surface area contributed by atoms with E-state index in [0.717, 1.165) is 36.9 Å². The second kappa shape index (κ2) is 6.15. The maximum Gasteiger partial charge on any atom is 0.229 e. The van der Waals surface area contributed by atoms with Crippen LogP contribution < -0.4 is 10.6 Å². The van der Waals surface area contributed by atoms with E-state index in [9.17, 15) is 4.79 Å². The van der Waals surface area contributed by atoms with Crippen LogP contribution >= 0.6 is 12.2 Å². The van der Waals surface area contributed by atoms with E-state index in [2.05, 4.69) is 0 Å². The largest absolute Gasteiger partial charge is 0.389 e. The van der Waals surface area contributed by atoms with Crippen molar-refractivity contribution in [3.63, 3.8) is 0 Å². The molecule has 0 aliphatic heterocycles. The molecular weight excluding hydrogens is 256 g/mol. The van der Waals surface area contributed by atoms with Gasteiger partial charge in [0.25, 0.3) is 0 Å². The molecule has 19 heavy (non-hydrogen) atoms. The van der Waals surface area contributed by atoms with Crippen molar-refractivity contribution in [1.29, 1.82) is 0 Å². The summed E-state index contributed by atoms with van der Waals surface area (Å²) in [5, 5.41) is 0. The predicted molar refractivity (Wildman–Crippen MR) is 82.3 cm³/mol. The second-order valence-electron chi connectivity index (χ2n) is 5.15. The molecule has 1 aromatic carbocycles. The van der Waals surface area contributed by atoms with Crippen LogP contribution in [0.25, 0.3) is 0 Å². The highest BCUT2D eigenvalue weighted by atomic mass is 32.1. The molecule has 2 rings (SSSR count). The maximum atomic E-state index is 12.4. The van der Waals surface area contributed by atoms with E-state index >= 15 is 0 Å². The number of rotatable bonds is 3.